The molecule has 11 heteroatoms. The second-order valence-corrected chi connectivity index (χ2v) is 9.84. The number of aromatic nitrogens is 4. The fourth-order valence-corrected chi connectivity index (χ4v) is 4.34. The van der Waals surface area contributed by atoms with Gasteiger partial charge in [-0.2, -0.15) is 0 Å². The van der Waals surface area contributed by atoms with Crippen LogP contribution in [0.4, 0.5) is 0 Å². The van der Waals surface area contributed by atoms with E-state index in [0.717, 1.165) is 46.8 Å². The van der Waals surface area contributed by atoms with E-state index < -0.39 is 16.0 Å². The summed E-state index contributed by atoms with van der Waals surface area (Å²) in [6.07, 6.45) is 4.05. The van der Waals surface area contributed by atoms with Crippen LogP contribution in [0.25, 0.3) is 16.8 Å². The first kappa shape index (κ1) is 24.0. The van der Waals surface area contributed by atoms with E-state index in [0.29, 0.717) is 5.65 Å². The van der Waals surface area contributed by atoms with Crippen molar-refractivity contribution in [2.45, 2.75) is 51.6 Å². The summed E-state index contributed by atoms with van der Waals surface area (Å²) in [6.45, 7) is 7.45. The van der Waals surface area contributed by atoms with E-state index in [1.165, 1.54) is 5.56 Å². The second-order valence-electron chi connectivity index (χ2n) is 8.98. The fraction of sp³-hybridized carbons (Fsp3) is 0.348. The van der Waals surface area contributed by atoms with Crippen molar-refractivity contribution in [2.24, 2.45) is 0 Å². The van der Waals surface area contributed by atoms with Crippen molar-refractivity contribution < 1.29 is 27.2 Å². The van der Waals surface area contributed by atoms with Crippen LogP contribution >= 0.6 is 0 Å². The third-order valence-electron chi connectivity index (χ3n) is 6.03. The molecular formula is C23H25N4O6S-. The maximum absolute atomic E-state index is 10.5. The summed E-state index contributed by atoms with van der Waals surface area (Å²) in [5, 5.41) is 23.6. The molecule has 4 aromatic rings. The molecule has 3 aromatic heterocycles. The Labute approximate surface area is 196 Å². The van der Waals surface area contributed by atoms with Crippen molar-refractivity contribution >= 4 is 16.0 Å². The van der Waals surface area contributed by atoms with Gasteiger partial charge in [0.15, 0.2) is 5.65 Å². The minimum atomic E-state index is -4.92. The molecule has 1 aromatic carbocycles. The smallest absolute Gasteiger partial charge is 0.215 e. The van der Waals surface area contributed by atoms with E-state index in [4.69, 9.17) is 22.0 Å². The van der Waals surface area contributed by atoms with Crippen molar-refractivity contribution in [2.75, 3.05) is 0 Å². The Morgan fingerprint density at radius 1 is 1.12 bits per heavy atom. The quantitative estimate of drug-likeness (QED) is 0.327. The number of pyridine rings is 1. The lowest BCUT2D eigenvalue weighted by atomic mass is 9.92. The zero-order valence-electron chi connectivity index (χ0n) is 19.2. The highest BCUT2D eigenvalue weighted by Crippen LogP contribution is 2.53. The van der Waals surface area contributed by atoms with Crippen LogP contribution in [0, 0.1) is 13.8 Å². The zero-order chi connectivity index (χ0) is 24.9. The molecule has 1 aliphatic rings. The molecule has 5 rings (SSSR count). The van der Waals surface area contributed by atoms with Crippen LogP contribution in [-0.2, 0) is 21.4 Å². The number of rotatable bonds is 4. The number of aryl methyl sites for hydroxylation is 2. The molecule has 1 saturated carbocycles. The van der Waals surface area contributed by atoms with Crippen LogP contribution in [0.5, 0.6) is 0 Å². The molecule has 3 heterocycles. The Morgan fingerprint density at radius 3 is 2.24 bits per heavy atom. The van der Waals surface area contributed by atoms with Crippen molar-refractivity contribution in [1.82, 2.24) is 19.8 Å². The van der Waals surface area contributed by atoms with Crippen molar-refractivity contribution in [3.63, 3.8) is 0 Å². The van der Waals surface area contributed by atoms with Gasteiger partial charge in [0.2, 0.25) is 10.4 Å². The Hall–Kier alpha value is -3.12. The molecule has 0 bridgehead atoms. The van der Waals surface area contributed by atoms with E-state index in [-0.39, 0.29) is 5.41 Å². The molecule has 0 atom stereocenters. The van der Waals surface area contributed by atoms with Gasteiger partial charge in [0.25, 0.3) is 0 Å². The third-order valence-corrected chi connectivity index (χ3v) is 6.03. The van der Waals surface area contributed by atoms with Gasteiger partial charge >= 0.3 is 0 Å². The maximum atomic E-state index is 10.5. The minimum Gasteiger partial charge on any atom is -0.726 e. The van der Waals surface area contributed by atoms with Gasteiger partial charge in [-0.25, -0.2) is 8.42 Å². The van der Waals surface area contributed by atoms with Gasteiger partial charge in [0, 0.05) is 17.3 Å². The SMILES string of the molecule is Cc1noc(C)c1-c1ccc(C2(c3nnc4c(C(C)(C)O)cccn34)CC2)cc1.O=S(=O)([O-])O. The largest absolute Gasteiger partial charge is 0.726 e. The average molecular weight is 486 g/mol. The number of benzene rings is 1. The number of nitrogens with zero attached hydrogens (tertiary/aromatic N) is 4. The summed E-state index contributed by atoms with van der Waals surface area (Å²) in [6, 6.07) is 12.5. The molecule has 34 heavy (non-hydrogen) atoms. The van der Waals surface area contributed by atoms with Crippen LogP contribution in [0.3, 0.4) is 0 Å². The Kier molecular flexibility index (Phi) is 5.85. The molecule has 2 N–H and O–H groups in total. The van der Waals surface area contributed by atoms with Gasteiger partial charge in [0.05, 0.1) is 16.7 Å². The van der Waals surface area contributed by atoms with Crippen LogP contribution in [0.2, 0.25) is 0 Å². The molecule has 1 aliphatic carbocycles. The molecule has 180 valence electrons. The van der Waals surface area contributed by atoms with Crippen LogP contribution in [0.15, 0.2) is 47.1 Å². The van der Waals surface area contributed by atoms with Crippen LogP contribution < -0.4 is 0 Å². The molecule has 0 saturated heterocycles. The lowest BCUT2D eigenvalue weighted by Crippen LogP contribution is -2.18. The minimum absolute atomic E-state index is 0.130. The van der Waals surface area contributed by atoms with E-state index in [1.54, 1.807) is 13.8 Å². The van der Waals surface area contributed by atoms with E-state index >= 15 is 0 Å². The lowest BCUT2D eigenvalue weighted by molar-refractivity contribution is 0.0796. The monoisotopic (exact) mass is 485 g/mol. The molecule has 0 aliphatic heterocycles. The lowest BCUT2D eigenvalue weighted by Gasteiger charge is -2.19. The van der Waals surface area contributed by atoms with Gasteiger partial charge < -0.3 is 14.2 Å². The first-order valence-electron chi connectivity index (χ1n) is 10.6. The number of fused-ring (bicyclic) bond motifs is 1. The predicted octanol–water partition coefficient (Wildman–Crippen LogP) is 3.31. The highest BCUT2D eigenvalue weighted by atomic mass is 32.3. The van der Waals surface area contributed by atoms with Gasteiger partial charge in [0.1, 0.15) is 11.6 Å². The normalized spacial score (nSPS) is 15.1. The molecule has 1 fully saturated rings. The molecule has 0 unspecified atom stereocenters. The Balaban J connectivity index is 0.000000499. The zero-order valence-corrected chi connectivity index (χ0v) is 20.0. The van der Waals surface area contributed by atoms with Gasteiger partial charge in [-0.15, -0.1) is 10.2 Å². The second kappa shape index (κ2) is 8.27. The number of hydrogen-bond acceptors (Lipinski definition) is 8. The topological polar surface area (TPSA) is 154 Å². The van der Waals surface area contributed by atoms with E-state index in [9.17, 15) is 5.11 Å². The molecule has 0 spiro atoms. The Morgan fingerprint density at radius 2 is 1.74 bits per heavy atom. The summed E-state index contributed by atoms with van der Waals surface area (Å²) in [5.41, 5.74) is 4.70. The summed E-state index contributed by atoms with van der Waals surface area (Å²) < 4.78 is 40.2. The number of hydrogen-bond donors (Lipinski definition) is 2. The van der Waals surface area contributed by atoms with Gasteiger partial charge in [-0.1, -0.05) is 35.5 Å². The summed E-state index contributed by atoms with van der Waals surface area (Å²) in [4.78, 5) is 0. The van der Waals surface area contributed by atoms with E-state index in [1.807, 2.05) is 36.6 Å². The van der Waals surface area contributed by atoms with Crippen LogP contribution in [0.1, 0.15) is 55.1 Å². The highest BCUT2D eigenvalue weighted by molar-refractivity contribution is 7.79. The van der Waals surface area contributed by atoms with Crippen molar-refractivity contribution in [3.05, 3.63) is 71.0 Å². The van der Waals surface area contributed by atoms with Crippen LogP contribution in [-0.4, -0.2) is 42.4 Å². The molecule has 10 nitrogen and oxygen atoms in total. The van der Waals surface area contributed by atoms with E-state index in [2.05, 4.69) is 39.6 Å². The summed E-state index contributed by atoms with van der Waals surface area (Å²) in [7, 11) is -4.92. The summed E-state index contributed by atoms with van der Waals surface area (Å²) in [5.74, 6) is 1.77. The maximum Gasteiger partial charge on any atom is 0.215 e. The first-order valence-corrected chi connectivity index (χ1v) is 12.0. The standard InChI is InChI=1S/C23H24N4O2.H2O4S/c1-14-19(15(2)29-26-14)16-7-9-17(10-8-16)23(11-12-23)21-25-24-20-18(22(3,4)28)6-5-13-27(20)21;1-5(2,3)4/h5-10,13,28H,11-12H2,1-4H3;(H2,1,2,3,4)/p-1. The number of aliphatic hydroxyl groups is 1. The highest BCUT2D eigenvalue weighted by Gasteiger charge is 2.50. The fourth-order valence-electron chi connectivity index (χ4n) is 4.34. The molecular weight excluding hydrogens is 460 g/mol. The Bertz CT molecular complexity index is 1420. The predicted molar refractivity (Wildman–Crippen MR) is 122 cm³/mol. The third kappa shape index (κ3) is 4.60. The van der Waals surface area contributed by atoms with Gasteiger partial charge in [-0.05, 0) is 57.7 Å². The first-order chi connectivity index (χ1) is 15.8. The van der Waals surface area contributed by atoms with Crippen molar-refractivity contribution in [1.29, 1.82) is 0 Å². The van der Waals surface area contributed by atoms with Gasteiger partial charge in [-0.3, -0.25) is 8.95 Å². The summed E-state index contributed by atoms with van der Waals surface area (Å²) >= 11 is 0. The average Bonchev–Trinajstić information content (AvgIpc) is 3.30. The molecule has 0 radical (unpaired) electrons. The molecule has 0 amide bonds. The van der Waals surface area contributed by atoms with Crippen molar-refractivity contribution in [3.8, 4) is 11.1 Å².